The maximum absolute atomic E-state index is 12.9. The molecule has 34 heavy (non-hydrogen) atoms. The normalized spacial score (nSPS) is 13.4. The van der Waals surface area contributed by atoms with Crippen molar-refractivity contribution in [3.8, 4) is 0 Å². The van der Waals surface area contributed by atoms with Crippen molar-refractivity contribution in [1.82, 2.24) is 0 Å². The smallest absolute Gasteiger partial charge is 0.338 e. The van der Waals surface area contributed by atoms with E-state index in [2.05, 4.69) is 5.32 Å². The first kappa shape index (κ1) is 23.1. The van der Waals surface area contributed by atoms with Crippen LogP contribution in [-0.4, -0.2) is 35.7 Å². The van der Waals surface area contributed by atoms with Crippen LogP contribution in [0.2, 0.25) is 5.02 Å². The number of para-hydroxylation sites is 1. The molecule has 0 fully saturated rings. The highest BCUT2D eigenvalue weighted by molar-refractivity contribution is 7.14. The number of nitrogens with one attached hydrogen (secondary N) is 1. The molecule has 0 spiro atoms. The second kappa shape index (κ2) is 9.08. The van der Waals surface area contributed by atoms with E-state index in [1.165, 1.54) is 37.3 Å². The molecule has 3 N–H and O–H groups in total. The molecule has 0 bridgehead atoms. The second-order valence-electron chi connectivity index (χ2n) is 7.22. The molecular formula is C23H16ClN3O6S. The number of carbonyl (C=O) groups is 5. The summed E-state index contributed by atoms with van der Waals surface area (Å²) in [6, 6.07) is 11.8. The van der Waals surface area contributed by atoms with Crippen LogP contribution >= 0.6 is 22.9 Å². The van der Waals surface area contributed by atoms with Gasteiger partial charge in [0.25, 0.3) is 23.6 Å². The highest BCUT2D eigenvalue weighted by Crippen LogP contribution is 2.33. The van der Waals surface area contributed by atoms with E-state index in [-0.39, 0.29) is 38.0 Å². The van der Waals surface area contributed by atoms with Crippen molar-refractivity contribution in [2.24, 2.45) is 5.73 Å². The van der Waals surface area contributed by atoms with Crippen LogP contribution in [0.3, 0.4) is 0 Å². The third-order valence-electron chi connectivity index (χ3n) is 5.04. The first-order valence-electron chi connectivity index (χ1n) is 9.85. The lowest BCUT2D eigenvalue weighted by atomic mass is 10.1. The molecule has 172 valence electrons. The zero-order valence-electron chi connectivity index (χ0n) is 17.5. The lowest BCUT2D eigenvalue weighted by molar-refractivity contribution is -0.123. The molecule has 3 aromatic rings. The lowest BCUT2D eigenvalue weighted by Gasteiger charge is -2.15. The molecule has 0 aliphatic carbocycles. The zero-order chi connectivity index (χ0) is 24.6. The Morgan fingerprint density at radius 3 is 2.47 bits per heavy atom. The maximum Gasteiger partial charge on any atom is 0.338 e. The number of halogens is 1. The van der Waals surface area contributed by atoms with Crippen LogP contribution in [0.15, 0.2) is 53.9 Å². The fourth-order valence-corrected chi connectivity index (χ4v) is 4.33. The highest BCUT2D eigenvalue weighted by Gasteiger charge is 2.38. The molecule has 4 rings (SSSR count). The summed E-state index contributed by atoms with van der Waals surface area (Å²) in [7, 11) is 0. The lowest BCUT2D eigenvalue weighted by Crippen LogP contribution is -2.30. The van der Waals surface area contributed by atoms with Gasteiger partial charge in [0.2, 0.25) is 0 Å². The molecule has 0 radical (unpaired) electrons. The average molecular weight is 498 g/mol. The minimum atomic E-state index is -1.22. The number of primary amides is 1. The van der Waals surface area contributed by atoms with Crippen LogP contribution in [0.1, 0.15) is 48.4 Å². The number of thiophene rings is 1. The van der Waals surface area contributed by atoms with Gasteiger partial charge < -0.3 is 15.8 Å². The fraction of sp³-hybridized carbons (Fsp3) is 0.0870. The van der Waals surface area contributed by atoms with Crippen LogP contribution in [0.25, 0.3) is 0 Å². The van der Waals surface area contributed by atoms with Gasteiger partial charge in [-0.15, -0.1) is 11.3 Å². The van der Waals surface area contributed by atoms with Gasteiger partial charge in [-0.25, -0.2) is 9.69 Å². The molecular weight excluding hydrogens is 482 g/mol. The van der Waals surface area contributed by atoms with E-state index in [0.717, 1.165) is 16.2 Å². The number of nitrogens with two attached hydrogens (primary N) is 1. The maximum atomic E-state index is 12.9. The number of ether oxygens (including phenoxy) is 1. The molecule has 11 heteroatoms. The fourth-order valence-electron chi connectivity index (χ4n) is 3.32. The Hall–Kier alpha value is -4.02. The molecule has 1 aliphatic heterocycles. The summed E-state index contributed by atoms with van der Waals surface area (Å²) >= 11 is 7.24. The number of hydrogen-bond acceptors (Lipinski definition) is 7. The third kappa shape index (κ3) is 4.16. The minimum absolute atomic E-state index is 0.0150. The Balaban J connectivity index is 1.50. The third-order valence-corrected chi connectivity index (χ3v) is 6.19. The molecule has 1 aliphatic rings. The first-order chi connectivity index (χ1) is 16.2. The number of rotatable bonds is 6. The van der Waals surface area contributed by atoms with Crippen molar-refractivity contribution in [2.75, 3.05) is 10.2 Å². The molecule has 0 saturated carbocycles. The number of hydrogen-bond donors (Lipinski definition) is 2. The van der Waals surface area contributed by atoms with E-state index in [1.54, 1.807) is 23.6 Å². The van der Waals surface area contributed by atoms with Gasteiger partial charge in [-0.05, 0) is 48.7 Å². The van der Waals surface area contributed by atoms with Gasteiger partial charge in [0.15, 0.2) is 6.10 Å². The van der Waals surface area contributed by atoms with E-state index >= 15 is 0 Å². The summed E-state index contributed by atoms with van der Waals surface area (Å²) < 4.78 is 5.21. The molecule has 4 amide bonds. The molecule has 2 heterocycles. The molecule has 0 saturated heterocycles. The van der Waals surface area contributed by atoms with E-state index in [1.807, 2.05) is 0 Å². The van der Waals surface area contributed by atoms with Crippen molar-refractivity contribution in [2.45, 2.75) is 13.0 Å². The van der Waals surface area contributed by atoms with Gasteiger partial charge in [-0.2, -0.15) is 0 Å². The van der Waals surface area contributed by atoms with E-state index in [4.69, 9.17) is 22.1 Å². The Kier molecular flexibility index (Phi) is 6.18. The van der Waals surface area contributed by atoms with Crippen LogP contribution in [0.5, 0.6) is 0 Å². The number of benzene rings is 2. The monoisotopic (exact) mass is 497 g/mol. The minimum Gasteiger partial charge on any atom is -0.449 e. The Labute approximate surface area is 202 Å². The summed E-state index contributed by atoms with van der Waals surface area (Å²) in [5.41, 5.74) is 5.74. The summed E-state index contributed by atoms with van der Waals surface area (Å²) in [5.74, 6) is -3.45. The van der Waals surface area contributed by atoms with E-state index in [9.17, 15) is 24.0 Å². The number of anilines is 2. The van der Waals surface area contributed by atoms with Gasteiger partial charge >= 0.3 is 5.97 Å². The predicted octanol–water partition coefficient (Wildman–Crippen LogP) is 3.49. The summed E-state index contributed by atoms with van der Waals surface area (Å²) in [5, 5.41) is 4.54. The number of esters is 1. The quantitative estimate of drug-likeness (QED) is 0.395. The number of fused-ring (bicyclic) bond motifs is 1. The van der Waals surface area contributed by atoms with Crippen LogP contribution in [-0.2, 0) is 9.53 Å². The highest BCUT2D eigenvalue weighted by atomic mass is 35.5. The van der Waals surface area contributed by atoms with Gasteiger partial charge in [-0.3, -0.25) is 19.2 Å². The topological polar surface area (TPSA) is 136 Å². The van der Waals surface area contributed by atoms with Crippen molar-refractivity contribution >= 4 is 63.2 Å². The molecule has 1 unspecified atom stereocenters. The van der Waals surface area contributed by atoms with E-state index in [0.29, 0.717) is 0 Å². The second-order valence-corrected chi connectivity index (χ2v) is 8.55. The Bertz CT molecular complexity index is 1370. The Morgan fingerprint density at radius 1 is 1.06 bits per heavy atom. The molecule has 1 aromatic heterocycles. The standard InChI is InChI=1S/C23H16ClN3O6S/c1-11(19(29)26-20-14(18(25)28)8-9-34-20)33-23(32)12-6-7-13-15(10-12)22(31)27(21(13)30)17-5-3-2-4-16(17)24/h2-11H,1H3,(H2,25,28)(H,26,29). The van der Waals surface area contributed by atoms with Crippen molar-refractivity contribution in [3.05, 3.63) is 81.2 Å². The Morgan fingerprint density at radius 2 is 1.76 bits per heavy atom. The average Bonchev–Trinajstić information content (AvgIpc) is 3.37. The molecule has 9 nitrogen and oxygen atoms in total. The molecule has 1 atom stereocenters. The molecule has 2 aromatic carbocycles. The first-order valence-corrected chi connectivity index (χ1v) is 11.1. The van der Waals surface area contributed by atoms with Gasteiger partial charge in [0, 0.05) is 0 Å². The number of carbonyl (C=O) groups excluding carboxylic acids is 5. The summed E-state index contributed by atoms with van der Waals surface area (Å²) in [4.78, 5) is 63.1. The van der Waals surface area contributed by atoms with Crippen LogP contribution in [0.4, 0.5) is 10.7 Å². The van der Waals surface area contributed by atoms with Gasteiger partial charge in [-0.1, -0.05) is 23.7 Å². The van der Waals surface area contributed by atoms with Gasteiger partial charge in [0.05, 0.1) is 33.0 Å². The predicted molar refractivity (Wildman–Crippen MR) is 125 cm³/mol. The van der Waals surface area contributed by atoms with Crippen LogP contribution < -0.4 is 16.0 Å². The zero-order valence-corrected chi connectivity index (χ0v) is 19.1. The van der Waals surface area contributed by atoms with Crippen molar-refractivity contribution in [3.63, 3.8) is 0 Å². The number of imide groups is 1. The largest absolute Gasteiger partial charge is 0.449 e. The number of amides is 4. The summed E-state index contributed by atoms with van der Waals surface area (Å²) in [6.07, 6.45) is -1.22. The van der Waals surface area contributed by atoms with Crippen LogP contribution in [0, 0.1) is 0 Å². The SMILES string of the molecule is CC(OC(=O)c1ccc2c(c1)C(=O)N(c1ccccc1Cl)C2=O)C(=O)Nc1sccc1C(N)=O. The van der Waals surface area contributed by atoms with Crippen molar-refractivity contribution in [1.29, 1.82) is 0 Å². The van der Waals surface area contributed by atoms with E-state index < -0.39 is 35.7 Å². The van der Waals surface area contributed by atoms with Gasteiger partial charge in [0.1, 0.15) is 5.00 Å². The van der Waals surface area contributed by atoms with Crippen molar-refractivity contribution < 1.29 is 28.7 Å². The summed E-state index contributed by atoms with van der Waals surface area (Å²) in [6.45, 7) is 1.35. The number of nitrogens with zero attached hydrogens (tertiary/aromatic N) is 1.